The predicted molar refractivity (Wildman–Crippen MR) is 111 cm³/mol. The zero-order chi connectivity index (χ0) is 21.3. The number of halogens is 2. The van der Waals surface area contributed by atoms with E-state index < -0.39 is 17.8 Å². The van der Waals surface area contributed by atoms with Crippen molar-refractivity contribution in [1.29, 1.82) is 0 Å². The predicted octanol–water partition coefficient (Wildman–Crippen LogP) is 4.10. The van der Waals surface area contributed by atoms with Crippen LogP contribution in [-0.2, 0) is 4.79 Å². The first-order chi connectivity index (χ1) is 14.4. The lowest BCUT2D eigenvalue weighted by Crippen LogP contribution is -2.47. The van der Waals surface area contributed by atoms with Gasteiger partial charge in [0, 0.05) is 23.4 Å². The van der Waals surface area contributed by atoms with Crippen LogP contribution in [0.25, 0.3) is 11.3 Å². The molecule has 1 unspecified atom stereocenters. The van der Waals surface area contributed by atoms with Crippen molar-refractivity contribution in [3.05, 3.63) is 89.5 Å². The summed E-state index contributed by atoms with van der Waals surface area (Å²) in [5.74, 6) is -0.940. The van der Waals surface area contributed by atoms with Crippen LogP contribution in [0.15, 0.2) is 71.9 Å². The van der Waals surface area contributed by atoms with Crippen LogP contribution < -0.4 is 10.1 Å². The van der Waals surface area contributed by atoms with Gasteiger partial charge in [0.15, 0.2) is 0 Å². The van der Waals surface area contributed by atoms with Gasteiger partial charge in [-0.2, -0.15) is 5.10 Å². The molecule has 4 rings (SSSR count). The standard InChI is InChI=1S/C23H19F2N3O2/c1-14-3-4-16(19-10-7-17(24)12-20(19)25)11-22-26-21(13-23(29)28(22)27-14)15-5-8-18(30-2)9-6-15/h3-13,22,26H,1-2H3/b4-3-,16-11?,27-14-. The fourth-order valence-corrected chi connectivity index (χ4v) is 3.29. The normalized spacial score (nSPS) is 21.2. The largest absolute Gasteiger partial charge is 0.497 e. The molecule has 0 saturated heterocycles. The van der Waals surface area contributed by atoms with Gasteiger partial charge in [-0.15, -0.1) is 0 Å². The molecule has 0 spiro atoms. The van der Waals surface area contributed by atoms with Crippen LogP contribution in [0.1, 0.15) is 18.1 Å². The Labute approximate surface area is 172 Å². The Kier molecular flexibility index (Phi) is 5.18. The van der Waals surface area contributed by atoms with E-state index in [2.05, 4.69) is 10.4 Å². The highest BCUT2D eigenvalue weighted by atomic mass is 19.1. The number of nitrogens with zero attached hydrogens (tertiary/aromatic N) is 2. The molecule has 0 aromatic heterocycles. The summed E-state index contributed by atoms with van der Waals surface area (Å²) < 4.78 is 32.9. The molecule has 2 aliphatic rings. The van der Waals surface area contributed by atoms with Gasteiger partial charge in [-0.05, 0) is 66.6 Å². The lowest BCUT2D eigenvalue weighted by atomic mass is 10.0. The van der Waals surface area contributed by atoms with Gasteiger partial charge in [-0.3, -0.25) is 4.79 Å². The number of hydrazone groups is 1. The van der Waals surface area contributed by atoms with Crippen molar-refractivity contribution in [2.75, 3.05) is 7.11 Å². The van der Waals surface area contributed by atoms with E-state index in [0.29, 0.717) is 22.7 Å². The molecule has 1 amide bonds. The number of carbonyl (C=O) groups excluding carboxylic acids is 1. The number of nitrogens with one attached hydrogen (secondary N) is 1. The van der Waals surface area contributed by atoms with E-state index in [4.69, 9.17) is 4.74 Å². The van der Waals surface area contributed by atoms with Crippen LogP contribution in [0.3, 0.4) is 0 Å². The number of amides is 1. The molecule has 0 fully saturated rings. The van der Waals surface area contributed by atoms with Crippen LogP contribution in [0.4, 0.5) is 8.78 Å². The molecule has 2 aromatic rings. The molecular formula is C23H19F2N3O2. The fourth-order valence-electron chi connectivity index (χ4n) is 3.29. The lowest BCUT2D eigenvalue weighted by molar-refractivity contribution is -0.128. The number of benzene rings is 2. The molecule has 0 bridgehead atoms. The van der Waals surface area contributed by atoms with Crippen LogP contribution in [0.5, 0.6) is 5.75 Å². The summed E-state index contributed by atoms with van der Waals surface area (Å²) in [7, 11) is 1.58. The number of fused-ring (bicyclic) bond motifs is 1. The van der Waals surface area contributed by atoms with Crippen LogP contribution in [-0.4, -0.2) is 29.9 Å². The average Bonchev–Trinajstić information content (AvgIpc) is 2.72. The summed E-state index contributed by atoms with van der Waals surface area (Å²) in [6.07, 6.45) is 5.88. The summed E-state index contributed by atoms with van der Waals surface area (Å²) in [6.45, 7) is 1.74. The van der Waals surface area contributed by atoms with Crippen molar-refractivity contribution < 1.29 is 18.3 Å². The fraction of sp³-hybridized carbons (Fsp3) is 0.130. The summed E-state index contributed by atoms with van der Waals surface area (Å²) in [4.78, 5) is 12.8. The zero-order valence-corrected chi connectivity index (χ0v) is 16.4. The number of ether oxygens (including phenoxy) is 1. The highest BCUT2D eigenvalue weighted by molar-refractivity contribution is 6.01. The zero-order valence-electron chi connectivity index (χ0n) is 16.4. The minimum atomic E-state index is -0.680. The van der Waals surface area contributed by atoms with Gasteiger partial charge in [0.25, 0.3) is 5.91 Å². The van der Waals surface area contributed by atoms with E-state index in [9.17, 15) is 13.6 Å². The third-order valence-electron chi connectivity index (χ3n) is 4.81. The third-order valence-corrected chi connectivity index (χ3v) is 4.81. The van der Waals surface area contributed by atoms with Crippen LogP contribution in [0, 0.1) is 11.6 Å². The van der Waals surface area contributed by atoms with Gasteiger partial charge < -0.3 is 10.1 Å². The van der Waals surface area contributed by atoms with Crippen LogP contribution >= 0.6 is 0 Å². The van der Waals surface area contributed by atoms with Gasteiger partial charge in [-0.25, -0.2) is 13.8 Å². The van der Waals surface area contributed by atoms with E-state index >= 15 is 0 Å². The summed E-state index contributed by atoms with van der Waals surface area (Å²) >= 11 is 0. The summed E-state index contributed by atoms with van der Waals surface area (Å²) in [6, 6.07) is 10.7. The molecule has 152 valence electrons. The highest BCUT2D eigenvalue weighted by Crippen LogP contribution is 2.27. The minimum Gasteiger partial charge on any atom is -0.497 e. The Morgan fingerprint density at radius 1 is 1.10 bits per heavy atom. The molecule has 1 atom stereocenters. The van der Waals surface area contributed by atoms with Crippen LogP contribution in [0.2, 0.25) is 0 Å². The first-order valence-corrected chi connectivity index (χ1v) is 9.31. The number of allylic oxidation sites excluding steroid dienone is 3. The van der Waals surface area contributed by atoms with E-state index in [1.165, 1.54) is 23.2 Å². The maximum atomic E-state index is 14.4. The molecule has 7 heteroatoms. The number of hydrogen-bond donors (Lipinski definition) is 1. The molecule has 0 radical (unpaired) electrons. The van der Waals surface area contributed by atoms with Gasteiger partial charge >= 0.3 is 0 Å². The van der Waals surface area contributed by atoms with Crippen molar-refractivity contribution in [3.63, 3.8) is 0 Å². The van der Waals surface area contributed by atoms with Gasteiger partial charge in [0.05, 0.1) is 12.8 Å². The van der Waals surface area contributed by atoms with E-state index in [1.807, 2.05) is 12.1 Å². The monoisotopic (exact) mass is 407 g/mol. The number of hydrogen-bond acceptors (Lipinski definition) is 4. The number of rotatable bonds is 3. The smallest absolute Gasteiger partial charge is 0.271 e. The Balaban J connectivity index is 1.75. The van der Waals surface area contributed by atoms with Crippen molar-refractivity contribution in [1.82, 2.24) is 10.3 Å². The Morgan fingerprint density at radius 2 is 1.87 bits per heavy atom. The maximum absolute atomic E-state index is 14.4. The molecule has 2 aromatic carbocycles. The first kappa shape index (κ1) is 19.6. The third kappa shape index (κ3) is 3.87. The molecular weight excluding hydrogens is 388 g/mol. The second-order valence-corrected chi connectivity index (χ2v) is 6.88. The minimum absolute atomic E-state index is 0.233. The molecule has 1 N–H and O–H groups in total. The van der Waals surface area contributed by atoms with E-state index in [1.54, 1.807) is 44.4 Å². The second kappa shape index (κ2) is 7.94. The highest BCUT2D eigenvalue weighted by Gasteiger charge is 2.28. The molecule has 0 aliphatic carbocycles. The molecule has 2 heterocycles. The summed E-state index contributed by atoms with van der Waals surface area (Å²) in [5, 5.41) is 8.92. The van der Waals surface area contributed by atoms with Gasteiger partial charge in [-0.1, -0.05) is 6.08 Å². The van der Waals surface area contributed by atoms with Crippen molar-refractivity contribution in [3.8, 4) is 5.75 Å². The van der Waals surface area contributed by atoms with Gasteiger partial charge in [0.1, 0.15) is 23.5 Å². The van der Waals surface area contributed by atoms with Crippen molar-refractivity contribution in [2.45, 2.75) is 13.1 Å². The summed E-state index contributed by atoms with van der Waals surface area (Å²) in [5.41, 5.74) is 2.72. The van der Waals surface area contributed by atoms with Crippen molar-refractivity contribution >= 4 is 22.9 Å². The average molecular weight is 407 g/mol. The Hall–Kier alpha value is -3.74. The maximum Gasteiger partial charge on any atom is 0.271 e. The quantitative estimate of drug-likeness (QED) is 0.834. The SMILES string of the molecule is COc1ccc(C2=CC(=O)N3/N=C(C)\C=C/C(c4ccc(F)cc4F)=CC3N2)cc1. The van der Waals surface area contributed by atoms with Crippen molar-refractivity contribution in [2.24, 2.45) is 5.10 Å². The van der Waals surface area contributed by atoms with E-state index in [0.717, 1.165) is 11.6 Å². The lowest BCUT2D eigenvalue weighted by Gasteiger charge is -2.33. The first-order valence-electron chi connectivity index (χ1n) is 9.31. The Bertz CT molecular complexity index is 1120. The number of methoxy groups -OCH3 is 1. The molecule has 30 heavy (non-hydrogen) atoms. The second-order valence-electron chi connectivity index (χ2n) is 6.88. The molecule has 0 saturated carbocycles. The number of carbonyl (C=O) groups is 1. The molecule has 5 nitrogen and oxygen atoms in total. The topological polar surface area (TPSA) is 53.9 Å². The molecule has 2 aliphatic heterocycles. The van der Waals surface area contributed by atoms with E-state index in [-0.39, 0.29) is 11.5 Å². The Morgan fingerprint density at radius 3 is 2.57 bits per heavy atom. The van der Waals surface area contributed by atoms with Gasteiger partial charge in [0.2, 0.25) is 0 Å².